The van der Waals surface area contributed by atoms with Crippen molar-refractivity contribution in [2.24, 2.45) is 0 Å². The van der Waals surface area contributed by atoms with Crippen LogP contribution in [0.5, 0.6) is 0 Å². The number of likely N-dealkylation sites (tertiary alicyclic amines) is 1. The lowest BCUT2D eigenvalue weighted by molar-refractivity contribution is -0.129. The minimum atomic E-state index is -0.194. The van der Waals surface area contributed by atoms with Crippen LogP contribution in [0, 0.1) is 5.82 Å². The zero-order valence-electron chi connectivity index (χ0n) is 10.7. The molecule has 0 atom stereocenters. The Labute approximate surface area is 107 Å². The van der Waals surface area contributed by atoms with E-state index in [1.54, 1.807) is 19.1 Å². The minimum Gasteiger partial charge on any atom is -0.343 e. The van der Waals surface area contributed by atoms with Crippen LogP contribution in [0.2, 0.25) is 0 Å². The molecule has 0 aromatic heterocycles. The van der Waals surface area contributed by atoms with Gasteiger partial charge in [0, 0.05) is 32.6 Å². The van der Waals surface area contributed by atoms with Crippen LogP contribution in [0.3, 0.4) is 0 Å². The molecule has 3 nitrogen and oxygen atoms in total. The summed E-state index contributed by atoms with van der Waals surface area (Å²) < 4.78 is 13.0. The molecule has 18 heavy (non-hydrogen) atoms. The quantitative estimate of drug-likeness (QED) is 0.889. The molecule has 1 fully saturated rings. The van der Waals surface area contributed by atoms with Crippen molar-refractivity contribution in [3.05, 3.63) is 35.6 Å². The van der Waals surface area contributed by atoms with Crippen LogP contribution < -0.4 is 5.32 Å². The van der Waals surface area contributed by atoms with Crippen molar-refractivity contribution in [2.45, 2.75) is 32.4 Å². The predicted molar refractivity (Wildman–Crippen MR) is 68.5 cm³/mol. The second-order valence-corrected chi connectivity index (χ2v) is 4.79. The Balaban J connectivity index is 1.77. The largest absolute Gasteiger partial charge is 0.343 e. The van der Waals surface area contributed by atoms with Crippen LogP contribution in [0.25, 0.3) is 0 Å². The average Bonchev–Trinajstić information content (AvgIpc) is 2.37. The minimum absolute atomic E-state index is 0.151. The molecule has 2 rings (SSSR count). The maximum atomic E-state index is 13.0. The van der Waals surface area contributed by atoms with E-state index < -0.39 is 0 Å². The number of hydrogen-bond donors (Lipinski definition) is 1. The van der Waals surface area contributed by atoms with Crippen LogP contribution >= 0.6 is 0 Å². The van der Waals surface area contributed by atoms with Gasteiger partial charge >= 0.3 is 0 Å². The maximum absolute atomic E-state index is 13.0. The molecule has 0 bridgehead atoms. The van der Waals surface area contributed by atoms with Gasteiger partial charge in [0.2, 0.25) is 5.91 Å². The zero-order chi connectivity index (χ0) is 13.0. The normalized spacial score (nSPS) is 16.9. The third kappa shape index (κ3) is 3.53. The summed E-state index contributed by atoms with van der Waals surface area (Å²) in [4.78, 5) is 13.1. The van der Waals surface area contributed by atoms with Gasteiger partial charge in [-0.1, -0.05) is 12.1 Å². The standard InChI is InChI=1S/C14H19FN2O/c1-11(18)17-7-5-14(6-8-17)16-10-12-3-2-4-13(15)9-12/h2-4,9,14,16H,5-8,10H2,1H3. The highest BCUT2D eigenvalue weighted by Crippen LogP contribution is 2.11. The van der Waals surface area contributed by atoms with Gasteiger partial charge in [-0.3, -0.25) is 4.79 Å². The molecule has 0 radical (unpaired) electrons. The van der Waals surface area contributed by atoms with E-state index in [1.807, 2.05) is 11.0 Å². The first-order valence-corrected chi connectivity index (χ1v) is 6.38. The fraction of sp³-hybridized carbons (Fsp3) is 0.500. The van der Waals surface area contributed by atoms with Crippen molar-refractivity contribution in [1.82, 2.24) is 10.2 Å². The number of piperidine rings is 1. The molecule has 1 aliphatic heterocycles. The fourth-order valence-electron chi connectivity index (χ4n) is 2.31. The summed E-state index contributed by atoms with van der Waals surface area (Å²) in [6.07, 6.45) is 1.93. The van der Waals surface area contributed by atoms with Gasteiger partial charge in [0.25, 0.3) is 0 Å². The Morgan fingerprint density at radius 2 is 2.17 bits per heavy atom. The van der Waals surface area contributed by atoms with Gasteiger partial charge in [-0.15, -0.1) is 0 Å². The number of nitrogens with zero attached hydrogens (tertiary/aromatic N) is 1. The van der Waals surface area contributed by atoms with Crippen LogP contribution in [0.15, 0.2) is 24.3 Å². The van der Waals surface area contributed by atoms with E-state index in [9.17, 15) is 9.18 Å². The smallest absolute Gasteiger partial charge is 0.219 e. The molecule has 1 heterocycles. The number of nitrogens with one attached hydrogen (secondary N) is 1. The fourth-order valence-corrected chi connectivity index (χ4v) is 2.31. The Kier molecular flexibility index (Phi) is 4.31. The molecule has 4 heteroatoms. The van der Waals surface area contributed by atoms with Gasteiger partial charge in [-0.2, -0.15) is 0 Å². The molecule has 1 amide bonds. The summed E-state index contributed by atoms with van der Waals surface area (Å²) in [5.74, 6) is -0.0423. The van der Waals surface area contributed by atoms with Crippen LogP contribution in [0.4, 0.5) is 4.39 Å². The van der Waals surface area contributed by atoms with Crippen molar-refractivity contribution < 1.29 is 9.18 Å². The Bertz CT molecular complexity index is 414. The van der Waals surface area contributed by atoms with Crippen molar-refractivity contribution in [2.75, 3.05) is 13.1 Å². The molecule has 1 aromatic carbocycles. The highest BCUT2D eigenvalue weighted by atomic mass is 19.1. The molecule has 0 aliphatic carbocycles. The number of carbonyl (C=O) groups excluding carboxylic acids is 1. The van der Waals surface area contributed by atoms with Crippen molar-refractivity contribution in [1.29, 1.82) is 0 Å². The molecule has 1 saturated heterocycles. The van der Waals surface area contributed by atoms with E-state index >= 15 is 0 Å². The first-order valence-electron chi connectivity index (χ1n) is 6.38. The molecule has 1 N–H and O–H groups in total. The van der Waals surface area contributed by atoms with Crippen LogP contribution in [-0.4, -0.2) is 29.9 Å². The number of amides is 1. The number of carbonyl (C=O) groups is 1. The molecular weight excluding hydrogens is 231 g/mol. The number of halogens is 1. The highest BCUT2D eigenvalue weighted by Gasteiger charge is 2.19. The summed E-state index contributed by atoms with van der Waals surface area (Å²) in [5.41, 5.74) is 0.962. The van der Waals surface area contributed by atoms with Crippen LogP contribution in [0.1, 0.15) is 25.3 Å². The second kappa shape index (κ2) is 5.96. The van der Waals surface area contributed by atoms with Gasteiger partial charge in [0.05, 0.1) is 0 Å². The van der Waals surface area contributed by atoms with E-state index in [-0.39, 0.29) is 11.7 Å². The van der Waals surface area contributed by atoms with Crippen molar-refractivity contribution in [3.8, 4) is 0 Å². The molecule has 0 unspecified atom stereocenters. The summed E-state index contributed by atoms with van der Waals surface area (Å²) in [6, 6.07) is 7.07. The molecule has 98 valence electrons. The highest BCUT2D eigenvalue weighted by molar-refractivity contribution is 5.73. The summed E-state index contributed by atoms with van der Waals surface area (Å²) in [7, 11) is 0. The van der Waals surface area contributed by atoms with E-state index in [0.717, 1.165) is 31.5 Å². The van der Waals surface area contributed by atoms with E-state index in [0.29, 0.717) is 12.6 Å². The summed E-state index contributed by atoms with van der Waals surface area (Å²) in [5, 5.41) is 3.42. The third-order valence-corrected chi connectivity index (χ3v) is 3.42. The first kappa shape index (κ1) is 13.0. The molecular formula is C14H19FN2O. The third-order valence-electron chi connectivity index (χ3n) is 3.42. The van der Waals surface area contributed by atoms with Gasteiger partial charge in [-0.05, 0) is 30.5 Å². The lowest BCUT2D eigenvalue weighted by Gasteiger charge is -2.31. The predicted octanol–water partition coefficient (Wildman–Crippen LogP) is 1.93. The van der Waals surface area contributed by atoms with Gasteiger partial charge in [0.15, 0.2) is 0 Å². The molecule has 1 aromatic rings. The van der Waals surface area contributed by atoms with E-state index in [4.69, 9.17) is 0 Å². The lowest BCUT2D eigenvalue weighted by Crippen LogP contribution is -2.43. The van der Waals surface area contributed by atoms with Crippen molar-refractivity contribution in [3.63, 3.8) is 0 Å². The lowest BCUT2D eigenvalue weighted by atomic mass is 10.0. The van der Waals surface area contributed by atoms with E-state index in [2.05, 4.69) is 5.32 Å². The Hall–Kier alpha value is -1.42. The molecule has 0 saturated carbocycles. The van der Waals surface area contributed by atoms with Gasteiger partial charge in [-0.25, -0.2) is 4.39 Å². The Morgan fingerprint density at radius 3 is 2.78 bits per heavy atom. The van der Waals surface area contributed by atoms with Crippen molar-refractivity contribution >= 4 is 5.91 Å². The summed E-state index contributed by atoms with van der Waals surface area (Å²) >= 11 is 0. The number of rotatable bonds is 3. The zero-order valence-corrected chi connectivity index (χ0v) is 10.7. The SMILES string of the molecule is CC(=O)N1CCC(NCc2cccc(F)c2)CC1. The number of benzene rings is 1. The molecule has 0 spiro atoms. The van der Waals surface area contributed by atoms with Crippen LogP contribution in [-0.2, 0) is 11.3 Å². The molecule has 1 aliphatic rings. The first-order chi connectivity index (χ1) is 8.65. The second-order valence-electron chi connectivity index (χ2n) is 4.79. The average molecular weight is 250 g/mol. The monoisotopic (exact) mass is 250 g/mol. The van der Waals surface area contributed by atoms with Gasteiger partial charge < -0.3 is 10.2 Å². The van der Waals surface area contributed by atoms with E-state index in [1.165, 1.54) is 6.07 Å². The maximum Gasteiger partial charge on any atom is 0.219 e. The number of hydrogen-bond acceptors (Lipinski definition) is 2. The Morgan fingerprint density at radius 1 is 1.44 bits per heavy atom. The topological polar surface area (TPSA) is 32.3 Å². The van der Waals surface area contributed by atoms with Gasteiger partial charge in [0.1, 0.15) is 5.82 Å². The summed E-state index contributed by atoms with van der Waals surface area (Å²) in [6.45, 7) is 3.93.